The smallest absolute Gasteiger partial charge is 0.252 e. The highest BCUT2D eigenvalue weighted by Gasteiger charge is 2.39. The van der Waals surface area contributed by atoms with Gasteiger partial charge in [0.05, 0.1) is 24.2 Å². The third kappa shape index (κ3) is 4.34. The summed E-state index contributed by atoms with van der Waals surface area (Å²) in [6.45, 7) is 2.85. The van der Waals surface area contributed by atoms with Crippen molar-refractivity contribution in [2.24, 2.45) is 0 Å². The molecule has 2 heterocycles. The van der Waals surface area contributed by atoms with E-state index < -0.39 is 21.9 Å². The van der Waals surface area contributed by atoms with Crippen LogP contribution >= 0.6 is 0 Å². The van der Waals surface area contributed by atoms with Gasteiger partial charge in [0.1, 0.15) is 12.4 Å². The van der Waals surface area contributed by atoms with E-state index in [4.69, 9.17) is 14.0 Å². The van der Waals surface area contributed by atoms with Gasteiger partial charge in [-0.25, -0.2) is 12.8 Å². The third-order valence-electron chi connectivity index (χ3n) is 4.38. The van der Waals surface area contributed by atoms with E-state index in [1.807, 2.05) is 0 Å². The quantitative estimate of drug-likeness (QED) is 0.628. The standard InChI is InChI=1S/C17H22FN3O5S/c1-12-10-13(5-6-14(12)18)27(22,23)21-7-3-4-15(21)17-19-16(26-20-17)11-25-9-8-24-2/h5-6,10,15H,3-4,7-9,11H2,1-2H3. The average Bonchev–Trinajstić information content (AvgIpc) is 3.30. The molecule has 10 heteroatoms. The first-order chi connectivity index (χ1) is 12.9. The molecule has 8 nitrogen and oxygen atoms in total. The molecule has 0 saturated carbocycles. The molecule has 1 aromatic carbocycles. The summed E-state index contributed by atoms with van der Waals surface area (Å²) in [7, 11) is -2.22. The van der Waals surface area contributed by atoms with Gasteiger partial charge < -0.3 is 14.0 Å². The summed E-state index contributed by atoms with van der Waals surface area (Å²) in [6.07, 6.45) is 1.27. The molecule has 0 bridgehead atoms. The van der Waals surface area contributed by atoms with E-state index in [1.165, 1.54) is 23.4 Å². The summed E-state index contributed by atoms with van der Waals surface area (Å²) < 4.78 is 56.3. The van der Waals surface area contributed by atoms with Crippen LogP contribution in [0.15, 0.2) is 27.6 Å². The minimum Gasteiger partial charge on any atom is -0.382 e. The molecule has 1 atom stereocenters. The lowest BCUT2D eigenvalue weighted by molar-refractivity contribution is 0.0494. The summed E-state index contributed by atoms with van der Waals surface area (Å²) in [5, 5.41) is 3.92. The van der Waals surface area contributed by atoms with Gasteiger partial charge in [0.25, 0.3) is 5.89 Å². The number of sulfonamides is 1. The third-order valence-corrected chi connectivity index (χ3v) is 6.28. The number of benzene rings is 1. The number of ether oxygens (including phenoxy) is 2. The number of rotatable bonds is 8. The van der Waals surface area contributed by atoms with E-state index in [0.717, 1.165) is 6.07 Å². The van der Waals surface area contributed by atoms with Gasteiger partial charge in [0, 0.05) is 13.7 Å². The largest absolute Gasteiger partial charge is 0.382 e. The number of methoxy groups -OCH3 is 1. The Labute approximate surface area is 157 Å². The number of aromatic nitrogens is 2. The number of hydrogen-bond acceptors (Lipinski definition) is 7. The highest BCUT2D eigenvalue weighted by molar-refractivity contribution is 7.89. The summed E-state index contributed by atoms with van der Waals surface area (Å²) in [4.78, 5) is 4.32. The normalized spacial score (nSPS) is 18.3. The second-order valence-electron chi connectivity index (χ2n) is 6.28. The van der Waals surface area contributed by atoms with E-state index in [9.17, 15) is 12.8 Å². The second-order valence-corrected chi connectivity index (χ2v) is 8.17. The molecule has 0 N–H and O–H groups in total. The van der Waals surface area contributed by atoms with Crippen LogP contribution in [-0.4, -0.2) is 49.7 Å². The lowest BCUT2D eigenvalue weighted by Gasteiger charge is -2.22. The van der Waals surface area contributed by atoms with Crippen LogP contribution in [0.5, 0.6) is 0 Å². The Hall–Kier alpha value is -1.88. The van der Waals surface area contributed by atoms with Gasteiger partial charge in [-0.2, -0.15) is 9.29 Å². The molecule has 1 unspecified atom stereocenters. The number of halogens is 1. The van der Waals surface area contributed by atoms with Crippen LogP contribution in [0.2, 0.25) is 0 Å². The summed E-state index contributed by atoms with van der Waals surface area (Å²) in [5.74, 6) is 0.145. The molecule has 0 amide bonds. The van der Waals surface area contributed by atoms with Gasteiger partial charge in [-0.3, -0.25) is 0 Å². The lowest BCUT2D eigenvalue weighted by atomic mass is 10.2. The van der Waals surface area contributed by atoms with Crippen molar-refractivity contribution in [1.29, 1.82) is 0 Å². The number of hydrogen-bond donors (Lipinski definition) is 0. The van der Waals surface area contributed by atoms with E-state index in [-0.39, 0.29) is 23.0 Å². The van der Waals surface area contributed by atoms with Crippen molar-refractivity contribution in [3.8, 4) is 0 Å². The highest BCUT2D eigenvalue weighted by Crippen LogP contribution is 2.35. The van der Waals surface area contributed by atoms with E-state index >= 15 is 0 Å². The van der Waals surface area contributed by atoms with Crippen molar-refractivity contribution in [3.05, 3.63) is 41.3 Å². The minimum absolute atomic E-state index is 0.0555. The van der Waals surface area contributed by atoms with Gasteiger partial charge >= 0.3 is 0 Å². The van der Waals surface area contributed by atoms with Crippen LogP contribution in [-0.2, 0) is 26.1 Å². The van der Waals surface area contributed by atoms with Gasteiger partial charge in [-0.15, -0.1) is 0 Å². The first-order valence-corrected chi connectivity index (χ1v) is 10.0. The molecule has 1 aliphatic heterocycles. The molecular formula is C17H22FN3O5S. The Kier molecular flexibility index (Phi) is 6.20. The van der Waals surface area contributed by atoms with Crippen LogP contribution in [0.25, 0.3) is 0 Å². The molecule has 1 fully saturated rings. The lowest BCUT2D eigenvalue weighted by Crippen LogP contribution is -2.31. The van der Waals surface area contributed by atoms with E-state index in [0.29, 0.717) is 38.4 Å². The minimum atomic E-state index is -3.79. The molecular weight excluding hydrogens is 377 g/mol. The topological polar surface area (TPSA) is 94.8 Å². The van der Waals surface area contributed by atoms with Crippen LogP contribution in [0.1, 0.15) is 36.2 Å². The van der Waals surface area contributed by atoms with Gasteiger partial charge in [0.15, 0.2) is 5.82 Å². The molecule has 1 aliphatic rings. The summed E-state index contributed by atoms with van der Waals surface area (Å²) >= 11 is 0. The Balaban J connectivity index is 1.77. The van der Waals surface area contributed by atoms with Crippen molar-refractivity contribution in [2.75, 3.05) is 26.9 Å². The zero-order valence-electron chi connectivity index (χ0n) is 15.2. The fourth-order valence-electron chi connectivity index (χ4n) is 2.96. The second kappa shape index (κ2) is 8.42. The molecule has 1 aromatic heterocycles. The molecule has 0 radical (unpaired) electrons. The van der Waals surface area contributed by atoms with Crippen LogP contribution in [0, 0.1) is 12.7 Å². The maximum absolute atomic E-state index is 13.5. The van der Waals surface area contributed by atoms with Gasteiger partial charge in [-0.05, 0) is 43.5 Å². The van der Waals surface area contributed by atoms with Crippen molar-refractivity contribution < 1.29 is 26.8 Å². The zero-order valence-corrected chi connectivity index (χ0v) is 16.0. The maximum atomic E-state index is 13.5. The molecule has 1 saturated heterocycles. The number of nitrogens with zero attached hydrogens (tertiary/aromatic N) is 3. The molecule has 27 heavy (non-hydrogen) atoms. The number of aryl methyl sites for hydroxylation is 1. The Morgan fingerprint density at radius 3 is 2.93 bits per heavy atom. The Morgan fingerprint density at radius 1 is 1.37 bits per heavy atom. The van der Waals surface area contributed by atoms with E-state index in [1.54, 1.807) is 7.11 Å². The molecule has 2 aromatic rings. The molecule has 3 rings (SSSR count). The first-order valence-electron chi connectivity index (χ1n) is 8.60. The fraction of sp³-hybridized carbons (Fsp3) is 0.529. The summed E-state index contributed by atoms with van der Waals surface area (Å²) in [6, 6.07) is 3.26. The van der Waals surface area contributed by atoms with Crippen molar-refractivity contribution in [1.82, 2.24) is 14.4 Å². The van der Waals surface area contributed by atoms with E-state index in [2.05, 4.69) is 10.1 Å². The Bertz CT molecular complexity index is 886. The van der Waals surface area contributed by atoms with Crippen LogP contribution < -0.4 is 0 Å². The monoisotopic (exact) mass is 399 g/mol. The van der Waals surface area contributed by atoms with Gasteiger partial charge in [0.2, 0.25) is 10.0 Å². The van der Waals surface area contributed by atoms with Gasteiger partial charge in [-0.1, -0.05) is 5.16 Å². The maximum Gasteiger partial charge on any atom is 0.252 e. The zero-order chi connectivity index (χ0) is 19.4. The molecule has 0 aliphatic carbocycles. The average molecular weight is 399 g/mol. The molecule has 0 spiro atoms. The Morgan fingerprint density at radius 2 is 2.19 bits per heavy atom. The SMILES string of the molecule is COCCOCc1nc(C2CCCN2S(=O)(=O)c2ccc(F)c(C)c2)no1. The first kappa shape index (κ1) is 19.9. The van der Waals surface area contributed by atoms with Crippen LogP contribution in [0.4, 0.5) is 4.39 Å². The summed E-state index contributed by atoms with van der Waals surface area (Å²) in [5.41, 5.74) is 0.280. The van der Waals surface area contributed by atoms with Crippen LogP contribution in [0.3, 0.4) is 0 Å². The van der Waals surface area contributed by atoms with Crippen molar-refractivity contribution >= 4 is 10.0 Å². The predicted molar refractivity (Wildman–Crippen MR) is 92.8 cm³/mol. The fourth-order valence-corrected chi connectivity index (χ4v) is 4.70. The van der Waals surface area contributed by atoms with Crippen molar-refractivity contribution in [3.63, 3.8) is 0 Å². The molecule has 148 valence electrons. The van der Waals surface area contributed by atoms with Crippen molar-refractivity contribution in [2.45, 2.75) is 37.3 Å². The predicted octanol–water partition coefficient (Wildman–Crippen LogP) is 2.21. The highest BCUT2D eigenvalue weighted by atomic mass is 32.2.